The van der Waals surface area contributed by atoms with E-state index < -0.39 is 0 Å². The second-order valence-electron chi connectivity index (χ2n) is 6.17. The van der Waals surface area contributed by atoms with Crippen LogP contribution in [-0.2, 0) is 4.79 Å². The summed E-state index contributed by atoms with van der Waals surface area (Å²) in [7, 11) is 1.56. The molecule has 2 aliphatic rings. The van der Waals surface area contributed by atoms with E-state index in [4.69, 9.17) is 4.74 Å². The quantitative estimate of drug-likeness (QED) is 0.756. The highest BCUT2D eigenvalue weighted by molar-refractivity contribution is 6.04. The standard InChI is InChI=1S/C17H23N3O3.ClH/c1-23-13-4-5-15(14(10-13)17(22)19-12-2-3-12)20-16(21)11-6-8-18-9-7-11;/h4-5,10-12,18H,2-3,6-9H2,1H3,(H,19,22)(H,20,21);1H. The van der Waals surface area contributed by atoms with Gasteiger partial charge in [0.25, 0.3) is 5.91 Å². The third kappa shape index (κ3) is 4.61. The molecule has 132 valence electrons. The smallest absolute Gasteiger partial charge is 0.253 e. The van der Waals surface area contributed by atoms with E-state index in [-0.39, 0.29) is 36.2 Å². The average Bonchev–Trinajstić information content (AvgIpc) is 3.39. The van der Waals surface area contributed by atoms with Gasteiger partial charge >= 0.3 is 0 Å². The Bertz CT molecular complexity index is 599. The fraction of sp³-hybridized carbons (Fsp3) is 0.529. The first kappa shape index (κ1) is 18.5. The Labute approximate surface area is 148 Å². The molecule has 0 aromatic heterocycles. The first-order chi connectivity index (χ1) is 11.2. The molecule has 1 aliphatic carbocycles. The summed E-state index contributed by atoms with van der Waals surface area (Å²) in [6.07, 6.45) is 3.69. The molecule has 0 spiro atoms. The highest BCUT2D eigenvalue weighted by atomic mass is 35.5. The van der Waals surface area contributed by atoms with Crippen molar-refractivity contribution < 1.29 is 14.3 Å². The Morgan fingerprint density at radius 3 is 2.50 bits per heavy atom. The molecular formula is C17H24ClN3O3. The molecule has 3 rings (SSSR count). The van der Waals surface area contributed by atoms with Crippen molar-refractivity contribution >= 4 is 29.9 Å². The zero-order chi connectivity index (χ0) is 16.2. The minimum Gasteiger partial charge on any atom is -0.497 e. The van der Waals surface area contributed by atoms with Crippen LogP contribution in [0, 0.1) is 5.92 Å². The number of methoxy groups -OCH3 is 1. The van der Waals surface area contributed by atoms with Gasteiger partial charge in [-0.25, -0.2) is 0 Å². The maximum absolute atomic E-state index is 12.4. The first-order valence-corrected chi connectivity index (χ1v) is 8.18. The van der Waals surface area contributed by atoms with Crippen LogP contribution in [0.25, 0.3) is 0 Å². The Morgan fingerprint density at radius 1 is 1.17 bits per heavy atom. The number of halogens is 1. The summed E-state index contributed by atoms with van der Waals surface area (Å²) < 4.78 is 5.20. The summed E-state index contributed by atoms with van der Waals surface area (Å²) in [6, 6.07) is 5.43. The molecule has 1 aromatic carbocycles. The van der Waals surface area contributed by atoms with Gasteiger partial charge in [-0.15, -0.1) is 12.4 Å². The number of amides is 2. The molecular weight excluding hydrogens is 330 g/mol. The fourth-order valence-corrected chi connectivity index (χ4v) is 2.76. The monoisotopic (exact) mass is 353 g/mol. The van der Waals surface area contributed by atoms with E-state index in [0.29, 0.717) is 17.0 Å². The number of carbonyl (C=O) groups is 2. The van der Waals surface area contributed by atoms with Crippen LogP contribution in [0.4, 0.5) is 5.69 Å². The van der Waals surface area contributed by atoms with Crippen molar-refractivity contribution in [3.05, 3.63) is 23.8 Å². The van der Waals surface area contributed by atoms with Crippen LogP contribution < -0.4 is 20.7 Å². The van der Waals surface area contributed by atoms with Gasteiger partial charge in [0.15, 0.2) is 0 Å². The van der Waals surface area contributed by atoms with Gasteiger partial charge in [-0.3, -0.25) is 9.59 Å². The number of carbonyl (C=O) groups excluding carboxylic acids is 2. The fourth-order valence-electron chi connectivity index (χ4n) is 2.76. The molecule has 24 heavy (non-hydrogen) atoms. The van der Waals surface area contributed by atoms with Gasteiger partial charge in [-0.05, 0) is 57.0 Å². The van der Waals surface area contributed by atoms with Gasteiger partial charge in [-0.2, -0.15) is 0 Å². The molecule has 0 atom stereocenters. The molecule has 1 aliphatic heterocycles. The van der Waals surface area contributed by atoms with E-state index in [2.05, 4.69) is 16.0 Å². The number of piperidine rings is 1. The van der Waals surface area contributed by atoms with E-state index in [0.717, 1.165) is 38.8 Å². The summed E-state index contributed by atoms with van der Waals surface area (Å²) in [4.78, 5) is 24.8. The van der Waals surface area contributed by atoms with Crippen molar-refractivity contribution in [2.24, 2.45) is 5.92 Å². The van der Waals surface area contributed by atoms with E-state index in [9.17, 15) is 9.59 Å². The summed E-state index contributed by atoms with van der Waals surface area (Å²) in [5.41, 5.74) is 1.01. The minimum atomic E-state index is -0.160. The highest BCUT2D eigenvalue weighted by Gasteiger charge is 2.26. The van der Waals surface area contributed by atoms with Crippen molar-refractivity contribution in [3.8, 4) is 5.75 Å². The van der Waals surface area contributed by atoms with Crippen LogP contribution in [0.3, 0.4) is 0 Å². The molecule has 1 heterocycles. The van der Waals surface area contributed by atoms with Crippen LogP contribution in [0.1, 0.15) is 36.0 Å². The summed E-state index contributed by atoms with van der Waals surface area (Å²) in [6.45, 7) is 1.71. The Balaban J connectivity index is 0.00000208. The zero-order valence-corrected chi connectivity index (χ0v) is 14.6. The van der Waals surface area contributed by atoms with E-state index in [1.54, 1.807) is 25.3 Å². The molecule has 3 N–H and O–H groups in total. The number of ether oxygens (including phenoxy) is 1. The second kappa shape index (κ2) is 8.35. The predicted molar refractivity (Wildman–Crippen MR) is 95.0 cm³/mol. The van der Waals surface area contributed by atoms with Crippen LogP contribution >= 0.6 is 12.4 Å². The van der Waals surface area contributed by atoms with Crippen molar-refractivity contribution in [1.82, 2.24) is 10.6 Å². The third-order valence-corrected chi connectivity index (χ3v) is 4.35. The van der Waals surface area contributed by atoms with Gasteiger partial charge in [0.1, 0.15) is 5.75 Å². The molecule has 2 fully saturated rings. The zero-order valence-electron chi connectivity index (χ0n) is 13.8. The lowest BCUT2D eigenvalue weighted by Gasteiger charge is -2.22. The van der Waals surface area contributed by atoms with Crippen LogP contribution in [0.15, 0.2) is 18.2 Å². The molecule has 0 bridgehead atoms. The van der Waals surface area contributed by atoms with E-state index in [1.807, 2.05) is 0 Å². The summed E-state index contributed by atoms with van der Waals surface area (Å²) in [5, 5.41) is 9.13. The third-order valence-electron chi connectivity index (χ3n) is 4.35. The molecule has 0 unspecified atom stereocenters. The minimum absolute atomic E-state index is 0. The van der Waals surface area contributed by atoms with E-state index in [1.165, 1.54) is 0 Å². The SMILES string of the molecule is COc1ccc(NC(=O)C2CCNCC2)c(C(=O)NC2CC2)c1.Cl. The Morgan fingerprint density at radius 2 is 1.88 bits per heavy atom. The lowest BCUT2D eigenvalue weighted by molar-refractivity contribution is -0.120. The van der Waals surface area contributed by atoms with Gasteiger partial charge in [0.2, 0.25) is 5.91 Å². The lowest BCUT2D eigenvalue weighted by Crippen LogP contribution is -2.35. The molecule has 2 amide bonds. The molecule has 7 heteroatoms. The van der Waals surface area contributed by atoms with Gasteiger partial charge in [0.05, 0.1) is 18.4 Å². The number of nitrogens with one attached hydrogen (secondary N) is 3. The van der Waals surface area contributed by atoms with Gasteiger partial charge in [0, 0.05) is 12.0 Å². The lowest BCUT2D eigenvalue weighted by atomic mass is 9.97. The largest absolute Gasteiger partial charge is 0.497 e. The van der Waals surface area contributed by atoms with Crippen molar-refractivity contribution in [2.45, 2.75) is 31.7 Å². The first-order valence-electron chi connectivity index (χ1n) is 8.18. The molecule has 1 saturated carbocycles. The number of rotatable bonds is 5. The van der Waals surface area contributed by atoms with Crippen molar-refractivity contribution in [3.63, 3.8) is 0 Å². The van der Waals surface area contributed by atoms with E-state index >= 15 is 0 Å². The maximum Gasteiger partial charge on any atom is 0.253 e. The topological polar surface area (TPSA) is 79.5 Å². The number of benzene rings is 1. The molecule has 1 saturated heterocycles. The Kier molecular flexibility index (Phi) is 6.45. The molecule has 0 radical (unpaired) electrons. The summed E-state index contributed by atoms with van der Waals surface area (Å²) >= 11 is 0. The maximum atomic E-state index is 12.4. The summed E-state index contributed by atoms with van der Waals surface area (Å²) in [5.74, 6) is 0.424. The number of hydrogen-bond donors (Lipinski definition) is 3. The normalized spacial score (nSPS) is 17.5. The van der Waals surface area contributed by atoms with Gasteiger partial charge in [-0.1, -0.05) is 0 Å². The highest BCUT2D eigenvalue weighted by Crippen LogP contribution is 2.26. The Hall–Kier alpha value is -1.79. The predicted octanol–water partition coefficient (Wildman–Crippen LogP) is 1.95. The van der Waals surface area contributed by atoms with Gasteiger partial charge < -0.3 is 20.7 Å². The average molecular weight is 354 g/mol. The van der Waals surface area contributed by atoms with Crippen molar-refractivity contribution in [1.29, 1.82) is 0 Å². The molecule has 6 nitrogen and oxygen atoms in total. The number of anilines is 1. The van der Waals surface area contributed by atoms with Crippen LogP contribution in [0.2, 0.25) is 0 Å². The number of hydrogen-bond acceptors (Lipinski definition) is 4. The second-order valence-corrected chi connectivity index (χ2v) is 6.17. The molecule has 1 aromatic rings. The van der Waals surface area contributed by atoms with Crippen molar-refractivity contribution in [2.75, 3.05) is 25.5 Å². The van der Waals surface area contributed by atoms with Crippen LogP contribution in [0.5, 0.6) is 5.75 Å². The van der Waals surface area contributed by atoms with Crippen LogP contribution in [-0.4, -0.2) is 38.1 Å².